The highest BCUT2D eigenvalue weighted by Crippen LogP contribution is 2.31. The van der Waals surface area contributed by atoms with Gasteiger partial charge in [-0.25, -0.2) is 0 Å². The van der Waals surface area contributed by atoms with E-state index in [1.165, 1.54) is 12.8 Å². The Bertz CT molecular complexity index is 864. The van der Waals surface area contributed by atoms with E-state index in [9.17, 15) is 9.90 Å². The average molecular weight is 401 g/mol. The van der Waals surface area contributed by atoms with Gasteiger partial charge in [0.25, 0.3) is 5.91 Å². The first-order valence-corrected chi connectivity index (χ1v) is 10.8. The van der Waals surface area contributed by atoms with Gasteiger partial charge in [0, 0.05) is 24.2 Å². The van der Waals surface area contributed by atoms with Crippen molar-refractivity contribution in [3.05, 3.63) is 23.9 Å². The number of morpholine rings is 1. The number of nitrogens with zero attached hydrogens (tertiary/aromatic N) is 3. The summed E-state index contributed by atoms with van der Waals surface area (Å²) in [6.07, 6.45) is 4.16. The van der Waals surface area contributed by atoms with Crippen molar-refractivity contribution in [2.75, 3.05) is 19.8 Å². The van der Waals surface area contributed by atoms with Crippen LogP contribution in [0.4, 0.5) is 0 Å². The Labute approximate surface area is 172 Å². The number of phenols is 1. The van der Waals surface area contributed by atoms with Crippen molar-refractivity contribution >= 4 is 16.8 Å². The summed E-state index contributed by atoms with van der Waals surface area (Å²) < 4.78 is 7.59. The number of carbonyl (C=O) groups is 1. The molecule has 0 aliphatic carbocycles. The summed E-state index contributed by atoms with van der Waals surface area (Å²) in [5, 5.41) is 18.7. The van der Waals surface area contributed by atoms with Gasteiger partial charge in [-0.3, -0.25) is 14.4 Å². The summed E-state index contributed by atoms with van der Waals surface area (Å²) in [6, 6.07) is 6.21. The second kappa shape index (κ2) is 8.32. The van der Waals surface area contributed by atoms with Gasteiger partial charge in [-0.05, 0) is 51.8 Å². The molecule has 2 aromatic rings. The molecule has 1 aromatic carbocycles. The highest BCUT2D eigenvalue weighted by Gasteiger charge is 2.39. The van der Waals surface area contributed by atoms with E-state index in [0.29, 0.717) is 23.2 Å². The third kappa shape index (κ3) is 3.85. The lowest BCUT2D eigenvalue weighted by molar-refractivity contribution is -0.0802. The van der Waals surface area contributed by atoms with Crippen molar-refractivity contribution in [2.24, 2.45) is 0 Å². The Kier molecular flexibility index (Phi) is 5.79. The number of phenolic OH excluding ortho intramolecular Hbond substituents is 1. The zero-order valence-corrected chi connectivity index (χ0v) is 17.6. The highest BCUT2D eigenvalue weighted by molar-refractivity contribution is 6.07. The molecule has 2 unspecified atom stereocenters. The van der Waals surface area contributed by atoms with Crippen molar-refractivity contribution in [1.29, 1.82) is 0 Å². The van der Waals surface area contributed by atoms with E-state index in [4.69, 9.17) is 4.74 Å². The Morgan fingerprint density at radius 3 is 2.69 bits per heavy atom. The predicted octanol–water partition coefficient (Wildman–Crippen LogP) is 3.08. The normalized spacial score (nSPS) is 24.9. The monoisotopic (exact) mass is 400 g/mol. The number of nitrogens with one attached hydrogen (secondary N) is 1. The molecule has 1 amide bonds. The minimum atomic E-state index is -0.207. The molecule has 1 aromatic heterocycles. The predicted molar refractivity (Wildman–Crippen MR) is 112 cm³/mol. The molecular formula is C22H32N4O3. The zero-order chi connectivity index (χ0) is 20.5. The van der Waals surface area contributed by atoms with Gasteiger partial charge in [-0.1, -0.05) is 19.4 Å². The minimum absolute atomic E-state index is 0.0964. The fourth-order valence-corrected chi connectivity index (χ4v) is 4.79. The highest BCUT2D eigenvalue weighted by atomic mass is 16.5. The second-order valence-corrected chi connectivity index (χ2v) is 8.64. The third-order valence-corrected chi connectivity index (χ3v) is 6.19. The van der Waals surface area contributed by atoms with Crippen molar-refractivity contribution in [3.63, 3.8) is 0 Å². The number of hydrogen-bond acceptors (Lipinski definition) is 5. The lowest BCUT2D eigenvalue weighted by Crippen LogP contribution is -2.60. The molecule has 0 spiro atoms. The van der Waals surface area contributed by atoms with E-state index in [1.807, 2.05) is 19.9 Å². The van der Waals surface area contributed by atoms with E-state index in [2.05, 4.69) is 22.2 Å². The number of ether oxygens (including phenoxy) is 1. The molecule has 29 heavy (non-hydrogen) atoms. The maximum atomic E-state index is 13.1. The molecule has 0 saturated carbocycles. The average Bonchev–Trinajstić information content (AvgIpc) is 3.08. The van der Waals surface area contributed by atoms with E-state index in [1.54, 1.807) is 16.8 Å². The largest absolute Gasteiger partial charge is 0.507 e. The number of rotatable bonds is 6. The van der Waals surface area contributed by atoms with Gasteiger partial charge in [0.15, 0.2) is 5.69 Å². The molecule has 7 heteroatoms. The Morgan fingerprint density at radius 2 is 2.03 bits per heavy atom. The van der Waals surface area contributed by atoms with Crippen LogP contribution in [0.2, 0.25) is 0 Å². The number of unbranched alkanes of at least 4 members (excludes halogenated alkanes) is 1. The van der Waals surface area contributed by atoms with E-state index < -0.39 is 0 Å². The van der Waals surface area contributed by atoms with Gasteiger partial charge in [0.1, 0.15) is 5.75 Å². The van der Waals surface area contributed by atoms with E-state index in [0.717, 1.165) is 38.1 Å². The molecule has 2 fully saturated rings. The number of carbonyl (C=O) groups excluding carboxylic acids is 1. The van der Waals surface area contributed by atoms with Gasteiger partial charge >= 0.3 is 0 Å². The molecule has 158 valence electrons. The van der Waals surface area contributed by atoms with Crippen molar-refractivity contribution in [3.8, 4) is 5.75 Å². The van der Waals surface area contributed by atoms with Crippen LogP contribution in [0.5, 0.6) is 5.75 Å². The van der Waals surface area contributed by atoms with Crippen molar-refractivity contribution < 1.29 is 14.6 Å². The first-order chi connectivity index (χ1) is 14.0. The standard InChI is InChI=1S/C22H32N4O3/c1-4-5-9-25-16-10-15(11-17(25)13-29-12-16)23-22(28)21-20-18(7-6-8-19(20)27)26(24-21)14(2)3/h6-8,14-17,27H,4-5,9-13H2,1-3H3,(H,23,28). The molecule has 0 radical (unpaired) electrons. The van der Waals surface area contributed by atoms with Crippen molar-refractivity contribution in [1.82, 2.24) is 20.0 Å². The van der Waals surface area contributed by atoms with Crippen LogP contribution in [-0.4, -0.2) is 63.6 Å². The zero-order valence-electron chi connectivity index (χ0n) is 17.6. The maximum Gasteiger partial charge on any atom is 0.272 e. The third-order valence-electron chi connectivity index (χ3n) is 6.19. The van der Waals surface area contributed by atoms with Gasteiger partial charge in [-0.15, -0.1) is 0 Å². The Balaban J connectivity index is 1.53. The fourth-order valence-electron chi connectivity index (χ4n) is 4.79. The van der Waals surface area contributed by atoms with Crippen molar-refractivity contribution in [2.45, 2.75) is 70.6 Å². The quantitative estimate of drug-likeness (QED) is 0.779. The summed E-state index contributed by atoms with van der Waals surface area (Å²) in [7, 11) is 0. The lowest BCUT2D eigenvalue weighted by Gasteiger charge is -2.48. The van der Waals surface area contributed by atoms with Gasteiger partial charge in [-0.2, -0.15) is 5.10 Å². The molecule has 2 saturated heterocycles. The smallest absolute Gasteiger partial charge is 0.272 e. The Morgan fingerprint density at radius 1 is 1.31 bits per heavy atom. The van der Waals surface area contributed by atoms with E-state index >= 15 is 0 Å². The summed E-state index contributed by atoms with van der Waals surface area (Å²) in [5.41, 5.74) is 1.09. The number of piperidine rings is 1. The number of benzene rings is 1. The number of aromatic hydroxyl groups is 1. The van der Waals surface area contributed by atoms with Crippen LogP contribution in [0.15, 0.2) is 18.2 Å². The summed E-state index contributed by atoms with van der Waals surface area (Å²) in [4.78, 5) is 15.7. The molecule has 4 rings (SSSR count). The molecule has 7 nitrogen and oxygen atoms in total. The molecule has 2 aliphatic rings. The number of hydrogen-bond donors (Lipinski definition) is 2. The first kappa shape index (κ1) is 20.2. The van der Waals surface area contributed by atoms with Gasteiger partial charge in [0.05, 0.1) is 24.1 Å². The number of amides is 1. The molecule has 3 heterocycles. The molecular weight excluding hydrogens is 368 g/mol. The molecule has 2 atom stereocenters. The first-order valence-electron chi connectivity index (χ1n) is 10.8. The lowest BCUT2D eigenvalue weighted by atomic mass is 9.89. The summed E-state index contributed by atoms with van der Waals surface area (Å²) in [6.45, 7) is 8.83. The summed E-state index contributed by atoms with van der Waals surface area (Å²) in [5.74, 6) is -0.110. The number of aromatic nitrogens is 2. The van der Waals surface area contributed by atoms with Gasteiger partial charge < -0.3 is 15.2 Å². The molecule has 2 bridgehead atoms. The van der Waals surface area contributed by atoms with Crippen LogP contribution in [0.3, 0.4) is 0 Å². The van der Waals surface area contributed by atoms with Crippen LogP contribution < -0.4 is 5.32 Å². The Hall–Kier alpha value is -2.12. The van der Waals surface area contributed by atoms with Crippen LogP contribution in [0.1, 0.15) is 63.0 Å². The van der Waals surface area contributed by atoms with Crippen LogP contribution in [0.25, 0.3) is 10.9 Å². The van der Waals surface area contributed by atoms with Crippen LogP contribution >= 0.6 is 0 Å². The maximum absolute atomic E-state index is 13.1. The topological polar surface area (TPSA) is 79.6 Å². The summed E-state index contributed by atoms with van der Waals surface area (Å²) >= 11 is 0. The molecule has 2 N–H and O–H groups in total. The second-order valence-electron chi connectivity index (χ2n) is 8.64. The molecule has 2 aliphatic heterocycles. The van der Waals surface area contributed by atoms with Crippen LogP contribution in [-0.2, 0) is 4.74 Å². The number of fused-ring (bicyclic) bond motifs is 3. The van der Waals surface area contributed by atoms with Gasteiger partial charge in [0.2, 0.25) is 0 Å². The van der Waals surface area contributed by atoms with Crippen LogP contribution in [0, 0.1) is 0 Å². The fraction of sp³-hybridized carbons (Fsp3) is 0.636. The minimum Gasteiger partial charge on any atom is -0.507 e. The SMILES string of the molecule is CCCCN1C2COCC1CC(NC(=O)c1nn(C(C)C)c3cccc(O)c13)C2. The van der Waals surface area contributed by atoms with E-state index in [-0.39, 0.29) is 23.7 Å².